The van der Waals surface area contributed by atoms with Gasteiger partial charge in [0.05, 0.1) is 25.4 Å². The van der Waals surface area contributed by atoms with E-state index in [9.17, 15) is 0 Å². The molecule has 164 valence electrons. The van der Waals surface area contributed by atoms with Crippen LogP contribution in [0, 0.1) is 6.92 Å². The third kappa shape index (κ3) is 6.08. The lowest BCUT2D eigenvalue weighted by Crippen LogP contribution is -2.41. The molecular formula is C24H31N5O2. The molecule has 0 aliphatic rings. The predicted molar refractivity (Wildman–Crippen MR) is 124 cm³/mol. The van der Waals surface area contributed by atoms with Crippen molar-refractivity contribution >= 4 is 5.96 Å². The maximum atomic E-state index is 5.64. The zero-order valence-corrected chi connectivity index (χ0v) is 18.8. The van der Waals surface area contributed by atoms with Gasteiger partial charge in [-0.3, -0.25) is 4.99 Å². The number of hydrogen-bond acceptors (Lipinski definition) is 5. The van der Waals surface area contributed by atoms with E-state index >= 15 is 0 Å². The van der Waals surface area contributed by atoms with Crippen molar-refractivity contribution in [3.05, 3.63) is 71.6 Å². The lowest BCUT2D eigenvalue weighted by atomic mass is 10.1. The zero-order valence-electron chi connectivity index (χ0n) is 18.8. The molecule has 1 atom stereocenters. The van der Waals surface area contributed by atoms with Crippen LogP contribution in [-0.2, 0) is 6.54 Å². The minimum atomic E-state index is 0.161. The predicted octanol–water partition coefficient (Wildman–Crippen LogP) is 3.63. The highest BCUT2D eigenvalue weighted by Gasteiger charge is 2.15. The normalized spacial score (nSPS) is 12.6. The van der Waals surface area contributed by atoms with E-state index in [4.69, 9.17) is 9.15 Å². The number of oxazole rings is 1. The van der Waals surface area contributed by atoms with Gasteiger partial charge in [-0.2, -0.15) is 0 Å². The highest BCUT2D eigenvalue weighted by molar-refractivity contribution is 5.79. The van der Waals surface area contributed by atoms with Crippen molar-refractivity contribution < 1.29 is 9.15 Å². The number of guanidine groups is 1. The summed E-state index contributed by atoms with van der Waals surface area (Å²) in [4.78, 5) is 11.1. The molecule has 0 fully saturated rings. The second-order valence-corrected chi connectivity index (χ2v) is 7.57. The number of aliphatic imine (C=N–C) groups is 1. The third-order valence-corrected chi connectivity index (χ3v) is 5.08. The Morgan fingerprint density at radius 3 is 2.61 bits per heavy atom. The molecular weight excluding hydrogens is 390 g/mol. The lowest BCUT2D eigenvalue weighted by molar-refractivity contribution is 0.297. The van der Waals surface area contributed by atoms with E-state index in [0.717, 1.165) is 17.0 Å². The summed E-state index contributed by atoms with van der Waals surface area (Å²) in [6, 6.07) is 16.4. The SMILES string of the molecule is CN=C(NCc1coc(-c2ccc(C)cc2)n1)NCC(c1cccc(OC)c1)N(C)C. The van der Waals surface area contributed by atoms with Crippen molar-refractivity contribution in [3.8, 4) is 17.2 Å². The zero-order chi connectivity index (χ0) is 22.2. The van der Waals surface area contributed by atoms with Crippen LogP contribution in [0.25, 0.3) is 11.5 Å². The number of hydrogen-bond donors (Lipinski definition) is 2. The fraction of sp³-hybridized carbons (Fsp3) is 0.333. The number of aryl methyl sites for hydroxylation is 1. The summed E-state index contributed by atoms with van der Waals surface area (Å²) in [6.07, 6.45) is 1.67. The van der Waals surface area contributed by atoms with E-state index in [1.54, 1.807) is 20.4 Å². The highest BCUT2D eigenvalue weighted by atomic mass is 16.5. The van der Waals surface area contributed by atoms with E-state index in [-0.39, 0.29) is 6.04 Å². The van der Waals surface area contributed by atoms with Crippen molar-refractivity contribution in [1.29, 1.82) is 0 Å². The van der Waals surface area contributed by atoms with Gasteiger partial charge in [0.2, 0.25) is 5.89 Å². The van der Waals surface area contributed by atoms with Crippen LogP contribution in [0.4, 0.5) is 0 Å². The van der Waals surface area contributed by atoms with Gasteiger partial charge in [-0.1, -0.05) is 29.8 Å². The molecule has 0 bridgehead atoms. The molecule has 0 saturated carbocycles. The Balaban J connectivity index is 1.58. The van der Waals surface area contributed by atoms with Crippen LogP contribution in [0.3, 0.4) is 0 Å². The molecule has 2 aromatic carbocycles. The number of methoxy groups -OCH3 is 1. The van der Waals surface area contributed by atoms with Gasteiger partial charge in [0, 0.05) is 19.2 Å². The van der Waals surface area contributed by atoms with E-state index in [2.05, 4.69) is 58.7 Å². The standard InChI is InChI=1S/C24H31N5O2/c1-17-9-11-18(12-10-17)23-28-20(16-31-23)14-26-24(25-2)27-15-22(29(3)4)19-7-6-8-21(13-19)30-5/h6-13,16,22H,14-15H2,1-5H3,(H2,25,26,27). The summed E-state index contributed by atoms with van der Waals surface area (Å²) in [5.74, 6) is 2.17. The molecule has 31 heavy (non-hydrogen) atoms. The first-order valence-electron chi connectivity index (χ1n) is 10.3. The maximum Gasteiger partial charge on any atom is 0.226 e. The van der Waals surface area contributed by atoms with Crippen LogP contribution >= 0.6 is 0 Å². The van der Waals surface area contributed by atoms with E-state index in [1.165, 1.54) is 11.1 Å². The molecule has 1 unspecified atom stereocenters. The van der Waals surface area contributed by atoms with Gasteiger partial charge in [0.1, 0.15) is 12.0 Å². The van der Waals surface area contributed by atoms with Crippen LogP contribution in [0.5, 0.6) is 5.75 Å². The second-order valence-electron chi connectivity index (χ2n) is 7.57. The number of nitrogens with zero attached hydrogens (tertiary/aromatic N) is 3. The first kappa shape index (κ1) is 22.4. The van der Waals surface area contributed by atoms with Gasteiger partial charge in [-0.25, -0.2) is 4.98 Å². The Bertz CT molecular complexity index is 995. The summed E-state index contributed by atoms with van der Waals surface area (Å²) in [5, 5.41) is 6.70. The lowest BCUT2D eigenvalue weighted by Gasteiger charge is -2.26. The Kier molecular flexibility index (Phi) is 7.67. The van der Waals surface area contributed by atoms with Crippen LogP contribution < -0.4 is 15.4 Å². The molecule has 2 N–H and O–H groups in total. The summed E-state index contributed by atoms with van der Waals surface area (Å²) in [7, 11) is 7.56. The van der Waals surface area contributed by atoms with Crippen LogP contribution in [-0.4, -0.2) is 50.6 Å². The van der Waals surface area contributed by atoms with Crippen LogP contribution in [0.2, 0.25) is 0 Å². The van der Waals surface area contributed by atoms with Crippen LogP contribution in [0.15, 0.2) is 64.2 Å². The molecule has 1 aromatic heterocycles. The smallest absolute Gasteiger partial charge is 0.226 e. The fourth-order valence-electron chi connectivity index (χ4n) is 3.25. The van der Waals surface area contributed by atoms with E-state index in [0.29, 0.717) is 24.9 Å². The number of nitrogens with one attached hydrogen (secondary N) is 2. The molecule has 0 aliphatic carbocycles. The van der Waals surface area contributed by atoms with Gasteiger partial charge < -0.3 is 24.7 Å². The quantitative estimate of drug-likeness (QED) is 0.427. The van der Waals surface area contributed by atoms with Gasteiger partial charge >= 0.3 is 0 Å². The molecule has 0 amide bonds. The first-order valence-corrected chi connectivity index (χ1v) is 10.3. The van der Waals surface area contributed by atoms with Crippen molar-refractivity contribution in [3.63, 3.8) is 0 Å². The molecule has 0 radical (unpaired) electrons. The summed E-state index contributed by atoms with van der Waals surface area (Å²) >= 11 is 0. The topological polar surface area (TPSA) is 74.9 Å². The Labute approximate surface area is 184 Å². The van der Waals surface area contributed by atoms with E-state index < -0.39 is 0 Å². The number of likely N-dealkylation sites (N-methyl/N-ethyl adjacent to an activating group) is 1. The maximum absolute atomic E-state index is 5.64. The summed E-state index contributed by atoms with van der Waals surface area (Å²) < 4.78 is 11.0. The summed E-state index contributed by atoms with van der Waals surface area (Å²) in [5.41, 5.74) is 4.16. The molecule has 0 spiro atoms. The van der Waals surface area contributed by atoms with E-state index in [1.807, 2.05) is 36.4 Å². The minimum Gasteiger partial charge on any atom is -0.497 e. The molecule has 0 aliphatic heterocycles. The highest BCUT2D eigenvalue weighted by Crippen LogP contribution is 2.22. The second kappa shape index (κ2) is 10.6. The first-order chi connectivity index (χ1) is 15.0. The average molecular weight is 422 g/mol. The van der Waals surface area contributed by atoms with Gasteiger partial charge in [0.25, 0.3) is 0 Å². The Morgan fingerprint density at radius 2 is 1.94 bits per heavy atom. The number of rotatable bonds is 8. The number of ether oxygens (including phenoxy) is 1. The number of benzene rings is 2. The molecule has 7 heteroatoms. The van der Waals surface area contributed by atoms with Crippen LogP contribution in [0.1, 0.15) is 22.9 Å². The van der Waals surface area contributed by atoms with Crippen molar-refractivity contribution in [2.45, 2.75) is 19.5 Å². The largest absolute Gasteiger partial charge is 0.497 e. The monoisotopic (exact) mass is 421 g/mol. The average Bonchev–Trinajstić information content (AvgIpc) is 3.25. The molecule has 3 aromatic rings. The Morgan fingerprint density at radius 1 is 1.16 bits per heavy atom. The minimum absolute atomic E-state index is 0.161. The molecule has 1 heterocycles. The molecule has 7 nitrogen and oxygen atoms in total. The van der Waals surface area contributed by atoms with Gasteiger partial charge in [-0.05, 0) is 50.8 Å². The van der Waals surface area contributed by atoms with Gasteiger partial charge in [0.15, 0.2) is 5.96 Å². The fourth-order valence-corrected chi connectivity index (χ4v) is 3.25. The van der Waals surface area contributed by atoms with Gasteiger partial charge in [-0.15, -0.1) is 0 Å². The molecule has 0 saturated heterocycles. The number of aromatic nitrogens is 1. The van der Waals surface area contributed by atoms with Crippen molar-refractivity contribution in [2.75, 3.05) is 34.8 Å². The van der Waals surface area contributed by atoms with Crippen molar-refractivity contribution in [2.24, 2.45) is 4.99 Å². The third-order valence-electron chi connectivity index (χ3n) is 5.08. The summed E-state index contributed by atoms with van der Waals surface area (Å²) in [6.45, 7) is 3.26. The van der Waals surface area contributed by atoms with Crippen molar-refractivity contribution in [1.82, 2.24) is 20.5 Å². The molecule has 3 rings (SSSR count). The Hall–Kier alpha value is -3.32.